The highest BCUT2D eigenvalue weighted by atomic mass is 16.7. The maximum atomic E-state index is 10.7. The average Bonchev–Trinajstić information content (AvgIpc) is 2.17. The standard InChI is InChI=1S/C11H13O3/c1-3-11(13-9(2)12)14-10-7-5-4-6-8-10/h4-8,11H,1,3H2,2H3. The van der Waals surface area contributed by atoms with E-state index in [0.717, 1.165) is 0 Å². The van der Waals surface area contributed by atoms with Crippen LogP contribution in [0.3, 0.4) is 0 Å². The summed E-state index contributed by atoms with van der Waals surface area (Å²) in [5.41, 5.74) is 0. The Bertz CT molecular complexity index is 282. The molecule has 0 aliphatic heterocycles. The first-order chi connectivity index (χ1) is 6.72. The lowest BCUT2D eigenvalue weighted by atomic mass is 10.3. The number of hydrogen-bond donors (Lipinski definition) is 0. The number of carbonyl (C=O) groups is 1. The smallest absolute Gasteiger partial charge is 0.305 e. The predicted molar refractivity (Wildman–Crippen MR) is 52.6 cm³/mol. The summed E-state index contributed by atoms with van der Waals surface area (Å²) < 4.78 is 10.2. The fraction of sp³-hybridized carbons (Fsp3) is 0.273. The molecule has 0 N–H and O–H groups in total. The Balaban J connectivity index is 2.53. The molecule has 0 aliphatic rings. The Kier molecular flexibility index (Phi) is 3.98. The van der Waals surface area contributed by atoms with Crippen LogP contribution in [0.1, 0.15) is 13.3 Å². The lowest BCUT2D eigenvalue weighted by molar-refractivity contribution is -0.160. The lowest BCUT2D eigenvalue weighted by Crippen LogP contribution is -2.22. The van der Waals surface area contributed by atoms with Gasteiger partial charge in [0.25, 0.3) is 0 Å². The Morgan fingerprint density at radius 2 is 2.07 bits per heavy atom. The molecule has 0 saturated heterocycles. The van der Waals surface area contributed by atoms with Gasteiger partial charge in [0.15, 0.2) is 0 Å². The van der Waals surface area contributed by atoms with Gasteiger partial charge < -0.3 is 9.47 Å². The average molecular weight is 193 g/mol. The number of rotatable bonds is 4. The molecule has 0 aromatic heterocycles. The van der Waals surface area contributed by atoms with Crippen molar-refractivity contribution >= 4 is 5.97 Å². The molecular weight excluding hydrogens is 180 g/mol. The number of hydrogen-bond acceptors (Lipinski definition) is 3. The third-order valence-electron chi connectivity index (χ3n) is 1.54. The second kappa shape index (κ2) is 5.27. The van der Waals surface area contributed by atoms with E-state index in [-0.39, 0.29) is 5.97 Å². The van der Waals surface area contributed by atoms with Gasteiger partial charge in [-0.25, -0.2) is 0 Å². The minimum atomic E-state index is -0.602. The highest BCUT2D eigenvalue weighted by Crippen LogP contribution is 2.12. The van der Waals surface area contributed by atoms with Crippen molar-refractivity contribution in [3.05, 3.63) is 37.3 Å². The zero-order chi connectivity index (χ0) is 10.4. The number of carbonyl (C=O) groups excluding carboxylic acids is 1. The molecule has 75 valence electrons. The van der Waals surface area contributed by atoms with Crippen LogP contribution in [0.5, 0.6) is 5.75 Å². The quantitative estimate of drug-likeness (QED) is 0.543. The van der Waals surface area contributed by atoms with E-state index in [1.807, 2.05) is 18.2 Å². The maximum Gasteiger partial charge on any atom is 0.305 e. The van der Waals surface area contributed by atoms with Crippen molar-refractivity contribution < 1.29 is 14.3 Å². The van der Waals surface area contributed by atoms with Crippen LogP contribution in [0.25, 0.3) is 0 Å². The molecule has 0 bridgehead atoms. The fourth-order valence-electron chi connectivity index (χ4n) is 0.978. The Hall–Kier alpha value is -1.51. The van der Waals surface area contributed by atoms with Gasteiger partial charge in [0.1, 0.15) is 5.75 Å². The van der Waals surface area contributed by atoms with Crippen molar-refractivity contribution in [3.63, 3.8) is 0 Å². The number of benzene rings is 1. The molecule has 1 aromatic carbocycles. The van der Waals surface area contributed by atoms with Gasteiger partial charge in [0, 0.05) is 13.3 Å². The molecule has 1 aromatic rings. The monoisotopic (exact) mass is 193 g/mol. The minimum absolute atomic E-state index is 0.366. The molecule has 14 heavy (non-hydrogen) atoms. The normalized spacial score (nSPS) is 11.9. The van der Waals surface area contributed by atoms with E-state index in [1.165, 1.54) is 6.92 Å². The summed E-state index contributed by atoms with van der Waals surface area (Å²) in [6.07, 6.45) is -0.219. The van der Waals surface area contributed by atoms with Crippen molar-refractivity contribution in [1.29, 1.82) is 0 Å². The van der Waals surface area contributed by atoms with Gasteiger partial charge in [-0.3, -0.25) is 4.79 Å². The highest BCUT2D eigenvalue weighted by molar-refractivity contribution is 5.66. The van der Waals surface area contributed by atoms with Crippen LogP contribution >= 0.6 is 0 Å². The minimum Gasteiger partial charge on any atom is -0.455 e. The van der Waals surface area contributed by atoms with Crippen LogP contribution in [0, 0.1) is 6.92 Å². The first-order valence-corrected chi connectivity index (χ1v) is 4.40. The molecule has 1 atom stereocenters. The van der Waals surface area contributed by atoms with Crippen LogP contribution in [0.15, 0.2) is 30.3 Å². The zero-order valence-electron chi connectivity index (χ0n) is 8.10. The number of esters is 1. The lowest BCUT2D eigenvalue weighted by Gasteiger charge is -2.16. The van der Waals surface area contributed by atoms with Crippen LogP contribution < -0.4 is 4.74 Å². The highest BCUT2D eigenvalue weighted by Gasteiger charge is 2.10. The van der Waals surface area contributed by atoms with Crippen molar-refractivity contribution in [2.75, 3.05) is 0 Å². The second-order valence-corrected chi connectivity index (χ2v) is 2.76. The summed E-state index contributed by atoms with van der Waals surface area (Å²) in [6, 6.07) is 9.18. The van der Waals surface area contributed by atoms with Crippen LogP contribution in [-0.2, 0) is 9.53 Å². The molecule has 1 radical (unpaired) electrons. The van der Waals surface area contributed by atoms with Gasteiger partial charge >= 0.3 is 5.97 Å². The molecule has 1 unspecified atom stereocenters. The maximum absolute atomic E-state index is 10.7. The van der Waals surface area contributed by atoms with E-state index in [9.17, 15) is 4.79 Å². The third kappa shape index (κ3) is 3.47. The summed E-state index contributed by atoms with van der Waals surface area (Å²) in [5.74, 6) is 0.303. The molecule has 0 saturated carbocycles. The Morgan fingerprint density at radius 1 is 1.43 bits per heavy atom. The number of ether oxygens (including phenoxy) is 2. The first kappa shape index (κ1) is 10.6. The fourth-order valence-corrected chi connectivity index (χ4v) is 0.978. The van der Waals surface area contributed by atoms with Crippen molar-refractivity contribution in [1.82, 2.24) is 0 Å². The SMILES string of the molecule is [CH2]CC(OC(C)=O)Oc1ccccc1. The van der Waals surface area contributed by atoms with Crippen LogP contribution in [-0.4, -0.2) is 12.3 Å². The van der Waals surface area contributed by atoms with Gasteiger partial charge in [0.2, 0.25) is 6.29 Å². The van der Waals surface area contributed by atoms with Gasteiger partial charge in [-0.15, -0.1) is 0 Å². The topological polar surface area (TPSA) is 35.5 Å². The van der Waals surface area contributed by atoms with E-state index in [2.05, 4.69) is 6.92 Å². The molecule has 3 heteroatoms. The zero-order valence-corrected chi connectivity index (χ0v) is 8.10. The van der Waals surface area contributed by atoms with Crippen molar-refractivity contribution in [2.45, 2.75) is 19.6 Å². The molecule has 0 aliphatic carbocycles. The molecular formula is C11H13O3. The largest absolute Gasteiger partial charge is 0.455 e. The Morgan fingerprint density at radius 3 is 2.57 bits per heavy atom. The van der Waals surface area contributed by atoms with Crippen LogP contribution in [0.4, 0.5) is 0 Å². The molecule has 3 nitrogen and oxygen atoms in total. The van der Waals surface area contributed by atoms with E-state index < -0.39 is 6.29 Å². The molecule has 0 heterocycles. The second-order valence-electron chi connectivity index (χ2n) is 2.76. The predicted octanol–water partition coefficient (Wildman–Crippen LogP) is 2.18. The first-order valence-electron chi connectivity index (χ1n) is 4.40. The van der Waals surface area contributed by atoms with E-state index >= 15 is 0 Å². The Labute approximate surface area is 83.6 Å². The van der Waals surface area contributed by atoms with E-state index in [4.69, 9.17) is 9.47 Å². The summed E-state index contributed by atoms with van der Waals surface area (Å²) in [4.78, 5) is 10.7. The summed E-state index contributed by atoms with van der Waals surface area (Å²) in [7, 11) is 0. The molecule has 1 rings (SSSR count). The van der Waals surface area contributed by atoms with Gasteiger partial charge in [0.05, 0.1) is 0 Å². The van der Waals surface area contributed by atoms with Crippen LogP contribution in [0.2, 0.25) is 0 Å². The van der Waals surface area contributed by atoms with E-state index in [0.29, 0.717) is 12.2 Å². The number of para-hydroxylation sites is 1. The summed E-state index contributed by atoms with van der Waals surface area (Å²) >= 11 is 0. The third-order valence-corrected chi connectivity index (χ3v) is 1.54. The molecule has 0 fully saturated rings. The van der Waals surface area contributed by atoms with Gasteiger partial charge in [-0.05, 0) is 19.1 Å². The van der Waals surface area contributed by atoms with Gasteiger partial charge in [-0.1, -0.05) is 18.2 Å². The van der Waals surface area contributed by atoms with Crippen molar-refractivity contribution in [2.24, 2.45) is 0 Å². The summed E-state index contributed by atoms with van der Waals surface area (Å²) in [5, 5.41) is 0. The van der Waals surface area contributed by atoms with Gasteiger partial charge in [-0.2, -0.15) is 0 Å². The van der Waals surface area contributed by atoms with Crippen molar-refractivity contribution in [3.8, 4) is 5.75 Å². The molecule has 0 amide bonds. The molecule has 0 spiro atoms. The van der Waals surface area contributed by atoms with E-state index in [1.54, 1.807) is 12.1 Å². The summed E-state index contributed by atoms with van der Waals surface area (Å²) in [6.45, 7) is 4.98.